The van der Waals surface area contributed by atoms with Crippen LogP contribution in [0.1, 0.15) is 18.2 Å². The van der Waals surface area contributed by atoms with Crippen LogP contribution in [0.25, 0.3) is 16.7 Å². The summed E-state index contributed by atoms with van der Waals surface area (Å²) in [6.07, 6.45) is 0. The summed E-state index contributed by atoms with van der Waals surface area (Å²) in [5.41, 5.74) is 13.4. The van der Waals surface area contributed by atoms with E-state index in [1.165, 1.54) is 0 Å². The fraction of sp³-hybridized carbons (Fsp3) is 0.136. The second kappa shape index (κ2) is 9.49. The van der Waals surface area contributed by atoms with Crippen LogP contribution in [0.5, 0.6) is 0 Å². The van der Waals surface area contributed by atoms with Crippen LogP contribution in [0.2, 0.25) is 0 Å². The molecule has 0 aliphatic rings. The maximum Gasteiger partial charge on any atom is 0.345 e. The number of rotatable bonds is 5. The Morgan fingerprint density at radius 2 is 1.74 bits per heavy atom. The first-order valence-electron chi connectivity index (χ1n) is 9.48. The Bertz CT molecular complexity index is 1200. The number of benzene rings is 2. The molecule has 0 spiro atoms. The summed E-state index contributed by atoms with van der Waals surface area (Å²) in [4.78, 5) is 29.1. The van der Waals surface area contributed by atoms with Gasteiger partial charge < -0.3 is 21.3 Å². The molecule has 0 aliphatic heterocycles. The van der Waals surface area contributed by atoms with Gasteiger partial charge in [-0.3, -0.25) is 0 Å². The van der Waals surface area contributed by atoms with E-state index in [0.717, 1.165) is 11.1 Å². The summed E-state index contributed by atoms with van der Waals surface area (Å²) < 4.78 is 5.01. The molecule has 0 amide bonds. The average molecular weight is 418 g/mol. The lowest BCUT2D eigenvalue weighted by Crippen LogP contribution is -2.27. The van der Waals surface area contributed by atoms with Gasteiger partial charge in [0.1, 0.15) is 17.2 Å². The number of carbonyl (C=O) groups excluding carboxylic acids is 1. The Morgan fingerprint density at radius 3 is 2.45 bits per heavy atom. The SMILES string of the molecule is CCOC(=O)C(/C(N)=N\C(N)=N\c1nc(C)c2ccccc2n1)=C(/O)c1ccccc1. The molecule has 0 unspecified atom stereocenters. The van der Waals surface area contributed by atoms with E-state index in [-0.39, 0.29) is 35.7 Å². The Balaban J connectivity index is 2.02. The standard InChI is InChI=1S/C22H22N6O3/c1-3-31-20(30)17(18(29)14-9-5-4-6-10-14)19(23)27-21(24)28-22-25-13(2)15-11-7-8-12-16(15)26-22/h4-12,29H,3H2,1-2H3,(H4,23,24,25,26,27,28)/b18-17+. The topological polar surface area (TPSA) is 149 Å². The number of para-hydroxylation sites is 1. The zero-order chi connectivity index (χ0) is 22.4. The number of ether oxygens (including phenoxy) is 1. The number of esters is 1. The van der Waals surface area contributed by atoms with Crippen molar-refractivity contribution in [3.63, 3.8) is 0 Å². The fourth-order valence-electron chi connectivity index (χ4n) is 2.84. The fourth-order valence-corrected chi connectivity index (χ4v) is 2.84. The largest absolute Gasteiger partial charge is 0.506 e. The first-order chi connectivity index (χ1) is 14.9. The number of fused-ring (bicyclic) bond motifs is 1. The van der Waals surface area contributed by atoms with Gasteiger partial charge in [-0.2, -0.15) is 9.98 Å². The van der Waals surface area contributed by atoms with Crippen LogP contribution in [0.3, 0.4) is 0 Å². The van der Waals surface area contributed by atoms with Crippen LogP contribution in [0.15, 0.2) is 70.2 Å². The van der Waals surface area contributed by atoms with Gasteiger partial charge in [0.2, 0.25) is 5.96 Å². The smallest absolute Gasteiger partial charge is 0.345 e. The normalized spacial score (nSPS) is 13.1. The van der Waals surface area contributed by atoms with Crippen molar-refractivity contribution < 1.29 is 14.6 Å². The monoisotopic (exact) mass is 418 g/mol. The van der Waals surface area contributed by atoms with E-state index in [1.807, 2.05) is 31.2 Å². The second-order valence-electron chi connectivity index (χ2n) is 6.40. The molecule has 0 saturated heterocycles. The third kappa shape index (κ3) is 5.02. The molecule has 3 rings (SSSR count). The Kier molecular flexibility index (Phi) is 6.56. The van der Waals surface area contributed by atoms with Gasteiger partial charge in [-0.05, 0) is 19.9 Å². The number of amidine groups is 1. The Labute approximate surface area is 178 Å². The second-order valence-corrected chi connectivity index (χ2v) is 6.40. The van der Waals surface area contributed by atoms with Crippen LogP contribution in [0, 0.1) is 6.92 Å². The number of carbonyl (C=O) groups is 1. The van der Waals surface area contributed by atoms with E-state index in [2.05, 4.69) is 20.0 Å². The van der Waals surface area contributed by atoms with Gasteiger partial charge in [0.05, 0.1) is 17.8 Å². The van der Waals surface area contributed by atoms with Gasteiger partial charge in [-0.25, -0.2) is 14.8 Å². The van der Waals surface area contributed by atoms with Crippen LogP contribution in [0.4, 0.5) is 5.95 Å². The van der Waals surface area contributed by atoms with Gasteiger partial charge in [0.25, 0.3) is 5.95 Å². The van der Waals surface area contributed by atoms with Crippen molar-refractivity contribution in [1.82, 2.24) is 9.97 Å². The van der Waals surface area contributed by atoms with Crippen molar-refractivity contribution in [3.05, 3.63) is 71.4 Å². The number of hydrogen-bond acceptors (Lipinski definition) is 6. The first kappa shape index (κ1) is 21.4. The molecule has 9 heteroatoms. The molecule has 0 fully saturated rings. The van der Waals surface area contributed by atoms with Crippen LogP contribution in [-0.4, -0.2) is 39.4 Å². The lowest BCUT2D eigenvalue weighted by Gasteiger charge is -2.10. The molecule has 158 valence electrons. The molecule has 0 saturated carbocycles. The minimum absolute atomic E-state index is 0.0888. The molecule has 0 bridgehead atoms. The van der Waals surface area contributed by atoms with Gasteiger partial charge in [-0.1, -0.05) is 48.5 Å². The van der Waals surface area contributed by atoms with Crippen LogP contribution in [-0.2, 0) is 9.53 Å². The van der Waals surface area contributed by atoms with Crippen molar-refractivity contribution in [2.75, 3.05) is 6.61 Å². The summed E-state index contributed by atoms with van der Waals surface area (Å²) in [6, 6.07) is 15.9. The number of aliphatic hydroxyl groups excluding tert-OH is 1. The summed E-state index contributed by atoms with van der Waals surface area (Å²) in [5.74, 6) is -1.76. The van der Waals surface area contributed by atoms with E-state index in [1.54, 1.807) is 37.3 Å². The maximum atomic E-state index is 12.4. The van der Waals surface area contributed by atoms with Crippen LogP contribution >= 0.6 is 0 Å². The highest BCUT2D eigenvalue weighted by Crippen LogP contribution is 2.19. The molecule has 31 heavy (non-hydrogen) atoms. The third-order valence-electron chi connectivity index (χ3n) is 4.25. The summed E-state index contributed by atoms with van der Waals surface area (Å²) in [5, 5.41) is 11.5. The van der Waals surface area contributed by atoms with E-state index >= 15 is 0 Å². The molecular formula is C22H22N6O3. The molecular weight excluding hydrogens is 396 g/mol. The lowest BCUT2D eigenvalue weighted by molar-refractivity contribution is -0.137. The zero-order valence-electron chi connectivity index (χ0n) is 17.1. The summed E-state index contributed by atoms with van der Waals surface area (Å²) >= 11 is 0. The number of guanidine groups is 1. The Hall–Kier alpha value is -4.27. The van der Waals surface area contributed by atoms with Gasteiger partial charge in [0.15, 0.2) is 0 Å². The molecule has 0 radical (unpaired) electrons. The van der Waals surface area contributed by atoms with Crippen molar-refractivity contribution in [2.24, 2.45) is 21.5 Å². The minimum atomic E-state index is -0.837. The highest BCUT2D eigenvalue weighted by molar-refractivity contribution is 6.24. The number of aryl methyl sites for hydroxylation is 1. The number of nitrogens with zero attached hydrogens (tertiary/aromatic N) is 4. The number of aliphatic imine (C=N–C) groups is 2. The maximum absolute atomic E-state index is 12.4. The Morgan fingerprint density at radius 1 is 1.06 bits per heavy atom. The van der Waals surface area contributed by atoms with E-state index in [0.29, 0.717) is 11.1 Å². The van der Waals surface area contributed by atoms with Crippen molar-refractivity contribution in [1.29, 1.82) is 0 Å². The number of nitrogens with two attached hydrogens (primary N) is 2. The summed E-state index contributed by atoms with van der Waals surface area (Å²) in [7, 11) is 0. The molecule has 1 aromatic heterocycles. The quantitative estimate of drug-likeness (QED) is 0.190. The number of hydrogen-bond donors (Lipinski definition) is 3. The van der Waals surface area contributed by atoms with Gasteiger partial charge in [0, 0.05) is 10.9 Å². The van der Waals surface area contributed by atoms with E-state index in [9.17, 15) is 9.90 Å². The predicted octanol–water partition coefficient (Wildman–Crippen LogP) is 2.77. The minimum Gasteiger partial charge on any atom is -0.506 e. The first-order valence-corrected chi connectivity index (χ1v) is 9.48. The van der Waals surface area contributed by atoms with Crippen molar-refractivity contribution in [3.8, 4) is 0 Å². The molecule has 5 N–H and O–H groups in total. The van der Waals surface area contributed by atoms with Crippen molar-refractivity contribution in [2.45, 2.75) is 13.8 Å². The third-order valence-corrected chi connectivity index (χ3v) is 4.25. The average Bonchev–Trinajstić information content (AvgIpc) is 2.74. The highest BCUT2D eigenvalue weighted by atomic mass is 16.5. The lowest BCUT2D eigenvalue weighted by atomic mass is 10.1. The zero-order valence-corrected chi connectivity index (χ0v) is 17.1. The van der Waals surface area contributed by atoms with E-state index in [4.69, 9.17) is 16.2 Å². The van der Waals surface area contributed by atoms with E-state index < -0.39 is 5.97 Å². The highest BCUT2D eigenvalue weighted by Gasteiger charge is 2.22. The molecule has 0 aliphatic carbocycles. The molecule has 1 heterocycles. The van der Waals surface area contributed by atoms with Crippen molar-refractivity contribution >= 4 is 40.4 Å². The molecule has 0 atom stereocenters. The number of aromatic nitrogens is 2. The summed E-state index contributed by atoms with van der Waals surface area (Å²) in [6.45, 7) is 3.56. The van der Waals surface area contributed by atoms with Gasteiger partial charge >= 0.3 is 5.97 Å². The molecule has 3 aromatic rings. The molecule has 9 nitrogen and oxygen atoms in total. The van der Waals surface area contributed by atoms with Crippen LogP contribution < -0.4 is 11.5 Å². The number of aliphatic hydroxyl groups is 1. The molecule has 2 aromatic carbocycles. The van der Waals surface area contributed by atoms with Gasteiger partial charge in [-0.15, -0.1) is 0 Å². The predicted molar refractivity (Wildman–Crippen MR) is 120 cm³/mol.